The number of ether oxygens (including phenoxy) is 1. The number of ketones is 1. The maximum absolute atomic E-state index is 12.0. The van der Waals surface area contributed by atoms with Gasteiger partial charge in [0.2, 0.25) is 0 Å². The van der Waals surface area contributed by atoms with Crippen LogP contribution in [0.1, 0.15) is 22.3 Å². The Bertz CT molecular complexity index is 967. The molecule has 0 saturated heterocycles. The van der Waals surface area contributed by atoms with Crippen molar-refractivity contribution in [2.75, 3.05) is 0 Å². The van der Waals surface area contributed by atoms with E-state index in [2.05, 4.69) is 31.2 Å². The minimum absolute atomic E-state index is 0.0744. The van der Waals surface area contributed by atoms with Crippen LogP contribution in [0.2, 0.25) is 5.02 Å². The second-order valence-corrected chi connectivity index (χ2v) is 6.90. The van der Waals surface area contributed by atoms with Crippen LogP contribution in [0.5, 0.6) is 5.75 Å². The van der Waals surface area contributed by atoms with Crippen molar-refractivity contribution in [3.63, 3.8) is 0 Å². The molecule has 0 bridgehead atoms. The summed E-state index contributed by atoms with van der Waals surface area (Å²) in [4.78, 5) is 12.0. The molecule has 0 saturated carbocycles. The van der Waals surface area contributed by atoms with Gasteiger partial charge in [-0.3, -0.25) is 4.79 Å². The molecule has 0 N–H and O–H groups in total. The van der Waals surface area contributed by atoms with Crippen molar-refractivity contribution in [3.05, 3.63) is 112 Å². The lowest BCUT2D eigenvalue weighted by atomic mass is 10.1. The summed E-state index contributed by atoms with van der Waals surface area (Å²) < 4.78 is 5.80. The van der Waals surface area contributed by atoms with Crippen molar-refractivity contribution in [1.29, 1.82) is 0 Å². The highest BCUT2D eigenvalue weighted by Gasteiger charge is 1.97. The summed E-state index contributed by atoms with van der Waals surface area (Å²) in [6.45, 7) is 2.60. The third kappa shape index (κ3) is 6.26. The molecule has 0 atom stereocenters. The molecule has 3 heteroatoms. The van der Waals surface area contributed by atoms with E-state index in [0.717, 1.165) is 22.4 Å². The smallest absolute Gasteiger partial charge is 0.178 e. The predicted molar refractivity (Wildman–Crippen MR) is 116 cm³/mol. The molecule has 140 valence electrons. The average Bonchev–Trinajstić information content (AvgIpc) is 2.72. The van der Waals surface area contributed by atoms with E-state index >= 15 is 0 Å². The van der Waals surface area contributed by atoms with Gasteiger partial charge < -0.3 is 4.74 Å². The summed E-state index contributed by atoms with van der Waals surface area (Å²) in [5.41, 5.74) is 4.24. The lowest BCUT2D eigenvalue weighted by molar-refractivity contribution is -0.110. The second-order valence-electron chi connectivity index (χ2n) is 6.46. The van der Waals surface area contributed by atoms with E-state index < -0.39 is 0 Å². The molecule has 0 fully saturated rings. The van der Waals surface area contributed by atoms with E-state index in [1.807, 2.05) is 36.4 Å². The molecule has 0 amide bonds. The Hall–Kier alpha value is -3.10. The first-order valence-corrected chi connectivity index (χ1v) is 9.40. The van der Waals surface area contributed by atoms with Crippen molar-refractivity contribution in [2.45, 2.75) is 13.5 Å². The molecule has 3 aromatic carbocycles. The zero-order valence-corrected chi connectivity index (χ0v) is 16.4. The van der Waals surface area contributed by atoms with Gasteiger partial charge in [-0.05, 0) is 60.0 Å². The van der Waals surface area contributed by atoms with Crippen molar-refractivity contribution in [3.8, 4) is 5.75 Å². The van der Waals surface area contributed by atoms with Gasteiger partial charge in [0.15, 0.2) is 5.78 Å². The first kappa shape index (κ1) is 19.7. The van der Waals surface area contributed by atoms with Gasteiger partial charge >= 0.3 is 0 Å². The van der Waals surface area contributed by atoms with Crippen LogP contribution in [-0.4, -0.2) is 5.78 Å². The van der Waals surface area contributed by atoms with E-state index in [1.54, 1.807) is 36.4 Å². The molecule has 0 heterocycles. The van der Waals surface area contributed by atoms with Gasteiger partial charge in [-0.25, -0.2) is 0 Å². The minimum atomic E-state index is -0.0744. The van der Waals surface area contributed by atoms with Crippen LogP contribution in [0.25, 0.3) is 12.2 Å². The molecule has 0 aliphatic heterocycles. The third-order valence-electron chi connectivity index (χ3n) is 4.16. The van der Waals surface area contributed by atoms with Gasteiger partial charge in [0.1, 0.15) is 12.4 Å². The number of aryl methyl sites for hydroxylation is 1. The minimum Gasteiger partial charge on any atom is -0.489 e. The number of carbonyl (C=O) groups excluding carboxylic acids is 1. The summed E-state index contributed by atoms with van der Waals surface area (Å²) in [6.07, 6.45) is 6.65. The molecule has 0 unspecified atom stereocenters. The Morgan fingerprint density at radius 1 is 0.821 bits per heavy atom. The fraction of sp³-hybridized carbons (Fsp3) is 0.0800. The first-order chi connectivity index (χ1) is 13.6. The molecule has 0 aromatic heterocycles. The molecule has 0 aliphatic rings. The zero-order chi connectivity index (χ0) is 19.8. The predicted octanol–water partition coefficient (Wildman–Crippen LogP) is 6.52. The molecule has 0 spiro atoms. The Morgan fingerprint density at radius 3 is 1.93 bits per heavy atom. The van der Waals surface area contributed by atoms with E-state index in [1.165, 1.54) is 5.56 Å². The Balaban J connectivity index is 1.52. The number of rotatable bonds is 7. The van der Waals surface area contributed by atoms with E-state index in [9.17, 15) is 4.79 Å². The molecule has 3 aromatic rings. The summed E-state index contributed by atoms with van der Waals surface area (Å²) in [6, 6.07) is 23.3. The zero-order valence-electron chi connectivity index (χ0n) is 15.6. The van der Waals surface area contributed by atoms with Gasteiger partial charge in [0, 0.05) is 5.02 Å². The summed E-state index contributed by atoms with van der Waals surface area (Å²) in [5.74, 6) is 0.723. The fourth-order valence-corrected chi connectivity index (χ4v) is 2.64. The van der Waals surface area contributed by atoms with E-state index in [-0.39, 0.29) is 5.78 Å². The normalized spacial score (nSPS) is 11.2. The number of allylic oxidation sites excluding steroid dienone is 2. The number of hydrogen-bond acceptors (Lipinski definition) is 2. The highest BCUT2D eigenvalue weighted by Crippen LogP contribution is 2.16. The topological polar surface area (TPSA) is 26.3 Å². The summed E-state index contributed by atoms with van der Waals surface area (Å²) in [7, 11) is 0. The van der Waals surface area contributed by atoms with Crippen LogP contribution in [0, 0.1) is 6.92 Å². The fourth-order valence-electron chi connectivity index (χ4n) is 2.51. The Labute approximate surface area is 170 Å². The highest BCUT2D eigenvalue weighted by molar-refractivity contribution is 6.30. The summed E-state index contributed by atoms with van der Waals surface area (Å²) in [5, 5.41) is 0.676. The SMILES string of the molecule is Cc1ccc(COc2ccc(/C=C/C(=O)/C=C/c3ccc(Cl)cc3)cc2)cc1. The lowest BCUT2D eigenvalue weighted by Gasteiger charge is -2.06. The van der Waals surface area contributed by atoms with Crippen LogP contribution in [0.4, 0.5) is 0 Å². The first-order valence-electron chi connectivity index (χ1n) is 9.02. The highest BCUT2D eigenvalue weighted by atomic mass is 35.5. The molecular weight excluding hydrogens is 368 g/mol. The molecule has 0 radical (unpaired) electrons. The second kappa shape index (κ2) is 9.72. The summed E-state index contributed by atoms with van der Waals surface area (Å²) >= 11 is 5.85. The average molecular weight is 389 g/mol. The van der Waals surface area contributed by atoms with Gasteiger partial charge in [-0.1, -0.05) is 77.8 Å². The Morgan fingerprint density at radius 2 is 1.36 bits per heavy atom. The quantitative estimate of drug-likeness (QED) is 0.430. The molecule has 0 aliphatic carbocycles. The van der Waals surface area contributed by atoms with Gasteiger partial charge in [0.05, 0.1) is 0 Å². The van der Waals surface area contributed by atoms with Crippen LogP contribution >= 0.6 is 11.6 Å². The van der Waals surface area contributed by atoms with Crippen molar-refractivity contribution < 1.29 is 9.53 Å². The maximum Gasteiger partial charge on any atom is 0.178 e. The number of carbonyl (C=O) groups is 1. The molecule has 28 heavy (non-hydrogen) atoms. The molecule has 3 rings (SSSR count). The van der Waals surface area contributed by atoms with Gasteiger partial charge in [0.25, 0.3) is 0 Å². The standard InChI is InChI=1S/C25H21ClO2/c1-19-2-4-22(5-3-19)18-28-25-16-10-21(11-17-25)9-15-24(27)14-8-20-6-12-23(26)13-7-20/h2-17H,18H2,1H3/b14-8+,15-9+. The molecule has 2 nitrogen and oxygen atoms in total. The monoisotopic (exact) mass is 388 g/mol. The largest absolute Gasteiger partial charge is 0.489 e. The van der Waals surface area contributed by atoms with Crippen LogP contribution < -0.4 is 4.74 Å². The number of hydrogen-bond donors (Lipinski definition) is 0. The van der Waals surface area contributed by atoms with E-state index in [4.69, 9.17) is 16.3 Å². The molecular formula is C25H21ClO2. The van der Waals surface area contributed by atoms with Crippen molar-refractivity contribution in [2.24, 2.45) is 0 Å². The third-order valence-corrected chi connectivity index (χ3v) is 4.41. The van der Waals surface area contributed by atoms with Crippen LogP contribution in [-0.2, 0) is 11.4 Å². The number of halogens is 1. The van der Waals surface area contributed by atoms with E-state index in [0.29, 0.717) is 11.6 Å². The van der Waals surface area contributed by atoms with Gasteiger partial charge in [-0.15, -0.1) is 0 Å². The van der Waals surface area contributed by atoms with Gasteiger partial charge in [-0.2, -0.15) is 0 Å². The maximum atomic E-state index is 12.0. The Kier molecular flexibility index (Phi) is 6.83. The van der Waals surface area contributed by atoms with Crippen molar-refractivity contribution in [1.82, 2.24) is 0 Å². The number of benzene rings is 3. The lowest BCUT2D eigenvalue weighted by Crippen LogP contribution is -1.95. The van der Waals surface area contributed by atoms with Crippen LogP contribution in [0.15, 0.2) is 84.9 Å². The van der Waals surface area contributed by atoms with Crippen LogP contribution in [0.3, 0.4) is 0 Å². The van der Waals surface area contributed by atoms with Crippen molar-refractivity contribution >= 4 is 29.5 Å².